The van der Waals surface area contributed by atoms with Gasteiger partial charge in [-0.05, 0) is 36.6 Å². The highest BCUT2D eigenvalue weighted by Gasteiger charge is 2.08. The fraction of sp³-hybridized carbons (Fsp3) is 0.263. The Balaban J connectivity index is 1.39. The van der Waals surface area contributed by atoms with Crippen molar-refractivity contribution in [1.29, 1.82) is 0 Å². The quantitative estimate of drug-likeness (QED) is 0.603. The molecule has 0 aliphatic carbocycles. The van der Waals surface area contributed by atoms with Crippen LogP contribution in [0.15, 0.2) is 48.8 Å². The Morgan fingerprint density at radius 2 is 1.88 bits per heavy atom. The third-order valence-corrected chi connectivity index (χ3v) is 4.26. The number of fused-ring (bicyclic) bond motifs is 1. The number of H-pyrrole nitrogens is 1. The molecule has 2 aromatic heterocycles. The van der Waals surface area contributed by atoms with Gasteiger partial charge in [-0.1, -0.05) is 18.2 Å². The van der Waals surface area contributed by atoms with Gasteiger partial charge >= 0.3 is 0 Å². The number of carbonyl (C=O) groups excluding carboxylic acids is 2. The van der Waals surface area contributed by atoms with Gasteiger partial charge in [0.2, 0.25) is 11.8 Å². The van der Waals surface area contributed by atoms with Crippen LogP contribution in [0, 0.1) is 0 Å². The predicted molar refractivity (Wildman–Crippen MR) is 96.6 cm³/mol. The molecule has 6 nitrogen and oxygen atoms in total. The molecule has 6 heteroatoms. The van der Waals surface area contributed by atoms with Crippen LogP contribution in [-0.4, -0.2) is 21.4 Å². The van der Waals surface area contributed by atoms with Gasteiger partial charge in [0.25, 0.3) is 0 Å². The van der Waals surface area contributed by atoms with Crippen LogP contribution in [0.2, 0.25) is 0 Å². The Labute approximate surface area is 146 Å². The highest BCUT2D eigenvalue weighted by atomic mass is 16.2. The van der Waals surface area contributed by atoms with Crippen molar-refractivity contribution in [3.05, 3.63) is 60.0 Å². The second-order valence-corrected chi connectivity index (χ2v) is 6.10. The minimum absolute atomic E-state index is 0.180. The largest absolute Gasteiger partial charge is 0.361 e. The first kappa shape index (κ1) is 16.8. The first-order valence-corrected chi connectivity index (χ1v) is 8.36. The fourth-order valence-electron chi connectivity index (χ4n) is 2.87. The fourth-order valence-corrected chi connectivity index (χ4v) is 2.87. The van der Waals surface area contributed by atoms with E-state index in [0.29, 0.717) is 6.42 Å². The Morgan fingerprint density at radius 1 is 1.08 bits per heavy atom. The number of hydrogen-bond donors (Lipinski definition) is 3. The number of rotatable bonds is 6. The maximum atomic E-state index is 11.9. The van der Waals surface area contributed by atoms with E-state index in [1.807, 2.05) is 54.3 Å². The van der Waals surface area contributed by atoms with Crippen molar-refractivity contribution in [3.63, 3.8) is 0 Å². The summed E-state index contributed by atoms with van der Waals surface area (Å²) >= 11 is 0. The zero-order valence-electron chi connectivity index (χ0n) is 14.2. The number of amides is 2. The maximum absolute atomic E-state index is 11.9. The summed E-state index contributed by atoms with van der Waals surface area (Å²) in [4.78, 5) is 26.9. The molecule has 0 saturated heterocycles. The lowest BCUT2D eigenvalue weighted by Gasteiger charge is -2.08. The summed E-state index contributed by atoms with van der Waals surface area (Å²) in [6.07, 6.45) is 6.01. The van der Waals surface area contributed by atoms with Crippen LogP contribution in [0.5, 0.6) is 0 Å². The van der Waals surface area contributed by atoms with Crippen molar-refractivity contribution < 1.29 is 9.59 Å². The van der Waals surface area contributed by atoms with Crippen LogP contribution in [0.1, 0.15) is 24.1 Å². The highest BCUT2D eigenvalue weighted by Crippen LogP contribution is 2.19. The standard InChI is InChI=1S/C19H22N4O2/c1-23-11-5-7-15(23)12-19(25)22-21-18(24)10-4-6-14-13-20-17-9-3-2-8-16(14)17/h2-3,5,7-9,11,13,20H,4,6,10,12H2,1H3,(H,21,24)(H,22,25). The second kappa shape index (κ2) is 7.70. The molecule has 0 saturated carbocycles. The molecular weight excluding hydrogens is 316 g/mol. The molecule has 130 valence electrons. The number of aryl methyl sites for hydroxylation is 2. The van der Waals surface area contributed by atoms with Gasteiger partial charge in [-0.15, -0.1) is 0 Å². The zero-order chi connectivity index (χ0) is 17.6. The van der Waals surface area contributed by atoms with Crippen molar-refractivity contribution in [1.82, 2.24) is 20.4 Å². The van der Waals surface area contributed by atoms with E-state index >= 15 is 0 Å². The lowest BCUT2D eigenvalue weighted by atomic mass is 10.1. The van der Waals surface area contributed by atoms with Crippen molar-refractivity contribution >= 4 is 22.7 Å². The zero-order valence-corrected chi connectivity index (χ0v) is 14.2. The van der Waals surface area contributed by atoms with E-state index in [1.54, 1.807) is 0 Å². The average Bonchev–Trinajstić information content (AvgIpc) is 3.20. The number of nitrogens with zero attached hydrogens (tertiary/aromatic N) is 1. The minimum Gasteiger partial charge on any atom is -0.361 e. The van der Waals surface area contributed by atoms with E-state index in [2.05, 4.69) is 21.9 Å². The first-order valence-electron chi connectivity index (χ1n) is 8.36. The summed E-state index contributed by atoms with van der Waals surface area (Å²) in [5.41, 5.74) is 8.14. The summed E-state index contributed by atoms with van der Waals surface area (Å²) < 4.78 is 1.88. The van der Waals surface area contributed by atoms with Gasteiger partial charge in [0, 0.05) is 42.5 Å². The Kier molecular flexibility index (Phi) is 5.18. The van der Waals surface area contributed by atoms with E-state index < -0.39 is 0 Å². The van der Waals surface area contributed by atoms with E-state index in [4.69, 9.17) is 0 Å². The van der Waals surface area contributed by atoms with E-state index in [1.165, 1.54) is 10.9 Å². The summed E-state index contributed by atoms with van der Waals surface area (Å²) in [5, 5.41) is 1.19. The predicted octanol–water partition coefficient (Wildman–Crippen LogP) is 2.22. The molecule has 0 fully saturated rings. The van der Waals surface area contributed by atoms with Crippen molar-refractivity contribution in [2.75, 3.05) is 0 Å². The molecule has 0 bridgehead atoms. The topological polar surface area (TPSA) is 78.9 Å². The second-order valence-electron chi connectivity index (χ2n) is 6.10. The summed E-state index contributed by atoms with van der Waals surface area (Å²) in [5.74, 6) is -0.410. The van der Waals surface area contributed by atoms with Crippen LogP contribution in [0.25, 0.3) is 10.9 Å². The molecular formula is C19H22N4O2. The number of nitrogens with one attached hydrogen (secondary N) is 3. The van der Waals surface area contributed by atoms with Gasteiger partial charge in [0.15, 0.2) is 0 Å². The minimum atomic E-state index is -0.230. The average molecular weight is 338 g/mol. The van der Waals surface area contributed by atoms with E-state index in [0.717, 1.165) is 24.1 Å². The molecule has 3 rings (SSSR count). The molecule has 2 amide bonds. The van der Waals surface area contributed by atoms with Gasteiger partial charge in [-0.3, -0.25) is 20.4 Å². The molecule has 2 heterocycles. The molecule has 0 aliphatic rings. The van der Waals surface area contributed by atoms with Crippen LogP contribution in [0.3, 0.4) is 0 Å². The molecule has 1 aromatic carbocycles. The number of carbonyl (C=O) groups is 2. The van der Waals surface area contributed by atoms with E-state index in [-0.39, 0.29) is 18.2 Å². The number of para-hydroxylation sites is 1. The smallest absolute Gasteiger partial charge is 0.244 e. The van der Waals surface area contributed by atoms with Crippen molar-refractivity contribution in [2.45, 2.75) is 25.7 Å². The Hall–Kier alpha value is -3.02. The number of hydrazine groups is 1. The third kappa shape index (κ3) is 4.29. The van der Waals surface area contributed by atoms with E-state index in [9.17, 15) is 9.59 Å². The van der Waals surface area contributed by atoms with Gasteiger partial charge < -0.3 is 9.55 Å². The maximum Gasteiger partial charge on any atom is 0.244 e. The summed E-state index contributed by atoms with van der Waals surface area (Å²) in [7, 11) is 1.88. The van der Waals surface area contributed by atoms with Crippen molar-refractivity contribution in [2.24, 2.45) is 7.05 Å². The molecule has 0 aliphatic heterocycles. The molecule has 0 spiro atoms. The lowest BCUT2D eigenvalue weighted by molar-refractivity contribution is -0.128. The van der Waals surface area contributed by atoms with Gasteiger partial charge in [-0.2, -0.15) is 0 Å². The monoisotopic (exact) mass is 338 g/mol. The van der Waals surface area contributed by atoms with Crippen LogP contribution in [0.4, 0.5) is 0 Å². The van der Waals surface area contributed by atoms with Crippen LogP contribution < -0.4 is 10.9 Å². The van der Waals surface area contributed by atoms with Gasteiger partial charge in [0.05, 0.1) is 6.42 Å². The van der Waals surface area contributed by atoms with Gasteiger partial charge in [0.1, 0.15) is 0 Å². The number of benzene rings is 1. The lowest BCUT2D eigenvalue weighted by Crippen LogP contribution is -2.42. The summed E-state index contributed by atoms with van der Waals surface area (Å²) in [6.45, 7) is 0. The number of aromatic nitrogens is 2. The highest BCUT2D eigenvalue weighted by molar-refractivity contribution is 5.84. The molecule has 0 radical (unpaired) electrons. The SMILES string of the molecule is Cn1cccc1CC(=O)NNC(=O)CCCc1c[nH]c2ccccc12. The molecule has 3 aromatic rings. The van der Waals surface area contributed by atoms with Crippen molar-refractivity contribution in [3.8, 4) is 0 Å². The molecule has 0 unspecified atom stereocenters. The van der Waals surface area contributed by atoms with Crippen LogP contribution >= 0.6 is 0 Å². The number of hydrogen-bond acceptors (Lipinski definition) is 2. The molecule has 3 N–H and O–H groups in total. The Morgan fingerprint density at radius 3 is 2.68 bits per heavy atom. The summed E-state index contributed by atoms with van der Waals surface area (Å²) in [6, 6.07) is 11.9. The molecule has 0 atom stereocenters. The number of aromatic amines is 1. The Bertz CT molecular complexity index is 878. The molecule has 25 heavy (non-hydrogen) atoms. The van der Waals surface area contributed by atoms with Crippen LogP contribution in [-0.2, 0) is 29.5 Å². The third-order valence-electron chi connectivity index (χ3n) is 4.26. The van der Waals surface area contributed by atoms with Gasteiger partial charge in [-0.25, -0.2) is 0 Å². The normalized spacial score (nSPS) is 10.8. The first-order chi connectivity index (χ1) is 12.1.